The molecule has 0 bridgehead atoms. The number of aromatic nitrogens is 8. The number of para-hydroxylation sites is 1. The molecule has 1 N–H and O–H groups in total. The summed E-state index contributed by atoms with van der Waals surface area (Å²) in [4.78, 5) is 34.3. The molecule has 1 aromatic carbocycles. The molecule has 1 aliphatic rings. The Kier molecular flexibility index (Phi) is 6.43. The first-order valence-corrected chi connectivity index (χ1v) is 12.5. The molecular weight excluding hydrogens is 470 g/mol. The lowest BCUT2D eigenvalue weighted by atomic mass is 10.2. The molecule has 0 amide bonds. The van der Waals surface area contributed by atoms with Gasteiger partial charge in [0.15, 0.2) is 11.2 Å². The number of imidazole rings is 1. The zero-order chi connectivity index (χ0) is 24.5. The number of thioether (sulfide) groups is 1. The molecule has 5 rings (SSSR count). The number of aromatic amines is 1. The summed E-state index contributed by atoms with van der Waals surface area (Å²) < 4.78 is 10.9. The molecule has 0 radical (unpaired) electrons. The smallest absolute Gasteiger partial charge is 0.329 e. The fourth-order valence-corrected chi connectivity index (χ4v) is 5.22. The monoisotopic (exact) mass is 497 g/mol. The van der Waals surface area contributed by atoms with Crippen LogP contribution in [0.4, 0.5) is 5.95 Å². The van der Waals surface area contributed by atoms with Crippen LogP contribution >= 0.6 is 11.8 Å². The summed E-state index contributed by atoms with van der Waals surface area (Å²) in [6.07, 6.45) is 0.797. The first-order valence-electron chi connectivity index (χ1n) is 11.5. The van der Waals surface area contributed by atoms with Crippen LogP contribution in [0, 0.1) is 0 Å². The average molecular weight is 498 g/mol. The van der Waals surface area contributed by atoms with Gasteiger partial charge in [-0.2, -0.15) is 9.67 Å². The van der Waals surface area contributed by atoms with E-state index in [2.05, 4.69) is 25.4 Å². The number of anilines is 1. The molecule has 184 valence electrons. The second-order valence-corrected chi connectivity index (χ2v) is 9.69. The van der Waals surface area contributed by atoms with Crippen molar-refractivity contribution >= 4 is 28.9 Å². The van der Waals surface area contributed by atoms with Gasteiger partial charge in [-0.25, -0.2) is 4.79 Å². The van der Waals surface area contributed by atoms with Crippen LogP contribution in [0.25, 0.3) is 16.9 Å². The summed E-state index contributed by atoms with van der Waals surface area (Å²) >= 11 is 1.55. The van der Waals surface area contributed by atoms with Gasteiger partial charge in [-0.05, 0) is 42.8 Å². The summed E-state index contributed by atoms with van der Waals surface area (Å²) in [5.74, 6) is 1.40. The molecule has 35 heavy (non-hydrogen) atoms. The third kappa shape index (κ3) is 4.60. The van der Waals surface area contributed by atoms with Gasteiger partial charge in [-0.15, -0.1) is 5.10 Å². The number of nitrogens with zero attached hydrogens (tertiary/aromatic N) is 8. The SMILES string of the molecule is CC1CN(c2nc3c(c(=O)[nH]c(=O)n3C)n2CCCSc2nnnn2-c2ccccc2)CC(C)O1. The Bertz CT molecular complexity index is 1430. The van der Waals surface area contributed by atoms with Crippen molar-refractivity contribution in [3.63, 3.8) is 0 Å². The molecule has 2 unspecified atom stereocenters. The third-order valence-electron chi connectivity index (χ3n) is 5.89. The Balaban J connectivity index is 1.40. The van der Waals surface area contributed by atoms with Gasteiger partial charge in [-0.1, -0.05) is 30.0 Å². The summed E-state index contributed by atoms with van der Waals surface area (Å²) in [6, 6.07) is 9.72. The first kappa shape index (κ1) is 23.3. The maximum absolute atomic E-state index is 12.8. The molecule has 4 heterocycles. The van der Waals surface area contributed by atoms with Gasteiger partial charge in [0.25, 0.3) is 5.56 Å². The maximum atomic E-state index is 12.8. The summed E-state index contributed by atoms with van der Waals surface area (Å²) in [5.41, 5.74) is 0.753. The highest BCUT2D eigenvalue weighted by atomic mass is 32.2. The molecule has 1 fully saturated rings. The van der Waals surface area contributed by atoms with E-state index in [9.17, 15) is 9.59 Å². The van der Waals surface area contributed by atoms with Gasteiger partial charge >= 0.3 is 5.69 Å². The van der Waals surface area contributed by atoms with Gasteiger partial charge in [-0.3, -0.25) is 14.3 Å². The zero-order valence-electron chi connectivity index (χ0n) is 19.8. The number of aryl methyl sites for hydroxylation is 2. The molecule has 12 nitrogen and oxygen atoms in total. The molecule has 1 aliphatic heterocycles. The Hall–Kier alpha value is -3.45. The topological polar surface area (TPSA) is 129 Å². The third-order valence-corrected chi connectivity index (χ3v) is 6.89. The Morgan fingerprint density at radius 3 is 2.63 bits per heavy atom. The highest BCUT2D eigenvalue weighted by molar-refractivity contribution is 7.99. The average Bonchev–Trinajstić information content (AvgIpc) is 3.45. The van der Waals surface area contributed by atoms with E-state index in [0.717, 1.165) is 17.9 Å². The highest BCUT2D eigenvalue weighted by Gasteiger charge is 2.28. The normalized spacial score (nSPS) is 18.4. The van der Waals surface area contributed by atoms with Crippen LogP contribution in [-0.4, -0.2) is 70.4 Å². The highest BCUT2D eigenvalue weighted by Crippen LogP contribution is 2.25. The number of H-pyrrole nitrogens is 1. The van der Waals surface area contributed by atoms with E-state index in [1.807, 2.05) is 48.7 Å². The summed E-state index contributed by atoms with van der Waals surface area (Å²) in [7, 11) is 1.62. The molecule has 4 aromatic rings. The van der Waals surface area contributed by atoms with E-state index >= 15 is 0 Å². The number of morpholine rings is 1. The van der Waals surface area contributed by atoms with Gasteiger partial charge in [0.1, 0.15) is 0 Å². The van der Waals surface area contributed by atoms with Crippen molar-refractivity contribution in [3.05, 3.63) is 51.2 Å². The number of fused-ring (bicyclic) bond motifs is 1. The fourth-order valence-electron chi connectivity index (χ4n) is 4.40. The Morgan fingerprint density at radius 2 is 1.89 bits per heavy atom. The van der Waals surface area contributed by atoms with Crippen LogP contribution in [0.1, 0.15) is 20.3 Å². The van der Waals surface area contributed by atoms with Crippen molar-refractivity contribution in [3.8, 4) is 5.69 Å². The molecule has 3 aromatic heterocycles. The number of rotatable bonds is 7. The number of ether oxygens (including phenoxy) is 1. The van der Waals surface area contributed by atoms with Crippen LogP contribution in [0.3, 0.4) is 0 Å². The lowest BCUT2D eigenvalue weighted by molar-refractivity contribution is -0.00588. The molecule has 0 spiro atoms. The molecule has 2 atom stereocenters. The minimum atomic E-state index is -0.481. The Morgan fingerprint density at radius 1 is 1.14 bits per heavy atom. The second kappa shape index (κ2) is 9.66. The first-order chi connectivity index (χ1) is 16.9. The lowest BCUT2D eigenvalue weighted by Gasteiger charge is -2.36. The quantitative estimate of drug-likeness (QED) is 0.296. The van der Waals surface area contributed by atoms with Gasteiger partial charge in [0, 0.05) is 32.4 Å². The van der Waals surface area contributed by atoms with Crippen LogP contribution in [0.15, 0.2) is 45.1 Å². The maximum Gasteiger partial charge on any atom is 0.329 e. The van der Waals surface area contributed by atoms with Crippen LogP contribution in [0.5, 0.6) is 0 Å². The standard InChI is InChI=1S/C22H27N9O3S/c1-14-12-29(13-15(2)34-14)20-23-18-17(19(32)24-21(33)28(18)3)30(20)10-7-11-35-22-25-26-27-31(22)16-8-5-4-6-9-16/h4-6,8-9,14-15H,7,10-13H2,1-3H3,(H,24,32,33). The van der Waals surface area contributed by atoms with Crippen LogP contribution in [0.2, 0.25) is 0 Å². The van der Waals surface area contributed by atoms with Crippen molar-refractivity contribution in [2.24, 2.45) is 7.05 Å². The van der Waals surface area contributed by atoms with Crippen molar-refractivity contribution in [1.29, 1.82) is 0 Å². The molecule has 0 aliphatic carbocycles. The van der Waals surface area contributed by atoms with Crippen molar-refractivity contribution in [2.45, 2.75) is 44.2 Å². The van der Waals surface area contributed by atoms with E-state index in [1.54, 1.807) is 23.5 Å². The molecule has 1 saturated heterocycles. The molecule has 0 saturated carbocycles. The van der Waals surface area contributed by atoms with E-state index in [0.29, 0.717) is 41.9 Å². The number of nitrogens with one attached hydrogen (secondary N) is 1. The minimum Gasteiger partial charge on any atom is -0.372 e. The number of hydrogen-bond acceptors (Lipinski definition) is 9. The zero-order valence-corrected chi connectivity index (χ0v) is 20.6. The van der Waals surface area contributed by atoms with Crippen LogP contribution in [-0.2, 0) is 18.3 Å². The minimum absolute atomic E-state index is 0.0292. The second-order valence-electron chi connectivity index (χ2n) is 8.63. The largest absolute Gasteiger partial charge is 0.372 e. The van der Waals surface area contributed by atoms with Gasteiger partial charge in [0.2, 0.25) is 11.1 Å². The summed E-state index contributed by atoms with van der Waals surface area (Å²) in [6.45, 7) is 5.89. The van der Waals surface area contributed by atoms with E-state index in [4.69, 9.17) is 9.72 Å². The number of tetrazole rings is 1. The number of hydrogen-bond donors (Lipinski definition) is 1. The molecule has 13 heteroatoms. The number of benzene rings is 1. The predicted octanol–water partition coefficient (Wildman–Crippen LogP) is 1.20. The fraction of sp³-hybridized carbons (Fsp3) is 0.455. The van der Waals surface area contributed by atoms with Crippen LogP contribution < -0.4 is 16.1 Å². The van der Waals surface area contributed by atoms with Gasteiger partial charge in [0.05, 0.1) is 17.9 Å². The Labute approximate surface area is 204 Å². The van der Waals surface area contributed by atoms with Crippen molar-refractivity contribution in [2.75, 3.05) is 23.7 Å². The van der Waals surface area contributed by atoms with E-state index in [1.165, 1.54) is 4.57 Å². The van der Waals surface area contributed by atoms with Gasteiger partial charge < -0.3 is 14.2 Å². The van der Waals surface area contributed by atoms with Crippen molar-refractivity contribution < 1.29 is 4.74 Å². The predicted molar refractivity (Wildman–Crippen MR) is 132 cm³/mol. The molecular formula is C22H27N9O3S. The summed E-state index contributed by atoms with van der Waals surface area (Å²) in [5, 5.41) is 12.8. The lowest BCUT2D eigenvalue weighted by Crippen LogP contribution is -2.46. The van der Waals surface area contributed by atoms with Crippen molar-refractivity contribution in [1.82, 2.24) is 39.3 Å². The van der Waals surface area contributed by atoms with E-state index < -0.39 is 11.2 Å². The van der Waals surface area contributed by atoms with E-state index in [-0.39, 0.29) is 12.2 Å².